The maximum absolute atomic E-state index is 12.7. The predicted octanol–water partition coefficient (Wildman–Crippen LogP) is 4.35. The summed E-state index contributed by atoms with van der Waals surface area (Å²) in [4.78, 5) is 12.7. The van der Waals surface area contributed by atoms with E-state index < -0.39 is 6.04 Å². The zero-order chi connectivity index (χ0) is 24.8. The van der Waals surface area contributed by atoms with Crippen LogP contribution in [0, 0.1) is 5.92 Å². The van der Waals surface area contributed by atoms with Crippen molar-refractivity contribution < 1.29 is 28.3 Å². The van der Waals surface area contributed by atoms with Gasteiger partial charge in [-0.2, -0.15) is 0 Å². The van der Waals surface area contributed by atoms with E-state index in [-0.39, 0.29) is 11.8 Å². The van der Waals surface area contributed by atoms with Crippen molar-refractivity contribution in [2.45, 2.75) is 26.3 Å². The van der Waals surface area contributed by atoms with Gasteiger partial charge in [0.15, 0.2) is 11.5 Å². The molecule has 2 aromatic carbocycles. The summed E-state index contributed by atoms with van der Waals surface area (Å²) in [5.74, 6) is 1.74. The number of nitrogens with two attached hydrogens (primary N) is 1. The Balaban J connectivity index is 2.03. The van der Waals surface area contributed by atoms with Crippen molar-refractivity contribution in [3.63, 3.8) is 0 Å². The monoisotopic (exact) mass is 469 g/mol. The summed E-state index contributed by atoms with van der Waals surface area (Å²) in [5, 5.41) is 7.09. The maximum Gasteiger partial charge on any atom is 0.241 e. The van der Waals surface area contributed by atoms with E-state index >= 15 is 0 Å². The third-order valence-corrected chi connectivity index (χ3v) is 5.84. The van der Waals surface area contributed by atoms with Crippen molar-refractivity contribution in [3.8, 4) is 45.4 Å². The Morgan fingerprint density at radius 2 is 1.65 bits per heavy atom. The van der Waals surface area contributed by atoms with Crippen molar-refractivity contribution in [2.24, 2.45) is 11.7 Å². The quantitative estimate of drug-likeness (QED) is 0.450. The number of carbonyl (C=O) groups excluding carboxylic acids is 1. The molecule has 0 fully saturated rings. The van der Waals surface area contributed by atoms with E-state index in [9.17, 15) is 4.79 Å². The van der Waals surface area contributed by atoms with Gasteiger partial charge in [0, 0.05) is 11.1 Å². The molecule has 9 heteroatoms. The average Bonchev–Trinajstić information content (AvgIpc) is 3.36. The molecular weight excluding hydrogens is 438 g/mol. The van der Waals surface area contributed by atoms with Crippen LogP contribution in [0.3, 0.4) is 0 Å². The third-order valence-electron chi connectivity index (χ3n) is 5.84. The van der Waals surface area contributed by atoms with Crippen LogP contribution in [0.5, 0.6) is 23.0 Å². The van der Waals surface area contributed by atoms with Crippen molar-refractivity contribution in [1.82, 2.24) is 5.16 Å². The summed E-state index contributed by atoms with van der Waals surface area (Å²) in [5.41, 5.74) is 9.35. The Hall–Kier alpha value is -3.72. The lowest BCUT2D eigenvalue weighted by Crippen LogP contribution is -2.40. The first-order valence-electron chi connectivity index (χ1n) is 10.9. The van der Waals surface area contributed by atoms with Crippen LogP contribution in [-0.4, -0.2) is 45.5 Å². The van der Waals surface area contributed by atoms with Crippen LogP contribution >= 0.6 is 0 Å². The first-order chi connectivity index (χ1) is 16.4. The topological polar surface area (TPSA) is 118 Å². The number of hydrogen-bond acceptors (Lipinski definition) is 8. The third kappa shape index (κ3) is 4.94. The van der Waals surface area contributed by atoms with E-state index in [1.807, 2.05) is 19.9 Å². The molecule has 1 aromatic heterocycles. The molecule has 2 atom stereocenters. The lowest BCUT2D eigenvalue weighted by Gasteiger charge is -2.19. The maximum atomic E-state index is 12.7. The Bertz CT molecular complexity index is 1120. The second kappa shape index (κ2) is 10.9. The Labute approximate surface area is 199 Å². The molecule has 0 saturated carbocycles. The fourth-order valence-electron chi connectivity index (χ4n) is 3.57. The number of rotatable bonds is 10. The van der Waals surface area contributed by atoms with Gasteiger partial charge in [-0.1, -0.05) is 31.5 Å². The normalized spacial score (nSPS) is 12.6. The van der Waals surface area contributed by atoms with E-state index in [4.69, 9.17) is 29.2 Å². The van der Waals surface area contributed by atoms with Crippen LogP contribution in [-0.2, 0) is 4.79 Å². The molecule has 34 heavy (non-hydrogen) atoms. The minimum Gasteiger partial charge on any atom is -0.495 e. The SMILES string of the molecule is CCC(C)C(N)C(=O)Nc1cc(-c2conc2-c2cc(OC)c(OC)c(OC)c2)ccc1OC. The van der Waals surface area contributed by atoms with Crippen molar-refractivity contribution >= 4 is 11.6 Å². The number of anilines is 1. The summed E-state index contributed by atoms with van der Waals surface area (Å²) in [6.07, 6.45) is 2.33. The minimum atomic E-state index is -0.635. The van der Waals surface area contributed by atoms with Crippen LogP contribution in [0.2, 0.25) is 0 Å². The molecular formula is C25H31N3O6. The van der Waals surface area contributed by atoms with Gasteiger partial charge in [0.1, 0.15) is 17.7 Å². The molecule has 0 bridgehead atoms. The highest BCUT2D eigenvalue weighted by Crippen LogP contribution is 2.43. The fraction of sp³-hybridized carbons (Fsp3) is 0.360. The summed E-state index contributed by atoms with van der Waals surface area (Å²) >= 11 is 0. The van der Waals surface area contributed by atoms with Gasteiger partial charge in [0.25, 0.3) is 0 Å². The predicted molar refractivity (Wildman–Crippen MR) is 130 cm³/mol. The minimum absolute atomic E-state index is 0.0406. The van der Waals surface area contributed by atoms with Gasteiger partial charge in [-0.25, -0.2) is 0 Å². The van der Waals surface area contributed by atoms with Gasteiger partial charge in [-0.3, -0.25) is 4.79 Å². The number of aromatic nitrogens is 1. The van der Waals surface area contributed by atoms with E-state index in [0.29, 0.717) is 45.5 Å². The summed E-state index contributed by atoms with van der Waals surface area (Å²) in [7, 11) is 6.18. The number of ether oxygens (including phenoxy) is 4. The number of benzene rings is 2. The molecule has 3 N–H and O–H groups in total. The van der Waals surface area contributed by atoms with Crippen molar-refractivity contribution in [3.05, 3.63) is 36.6 Å². The van der Waals surface area contributed by atoms with E-state index in [2.05, 4.69) is 10.5 Å². The van der Waals surface area contributed by atoms with Gasteiger partial charge >= 0.3 is 0 Å². The van der Waals surface area contributed by atoms with E-state index in [0.717, 1.165) is 12.0 Å². The first-order valence-corrected chi connectivity index (χ1v) is 10.9. The second-order valence-electron chi connectivity index (χ2n) is 7.81. The number of nitrogens with zero attached hydrogens (tertiary/aromatic N) is 1. The summed E-state index contributed by atoms with van der Waals surface area (Å²) < 4.78 is 27.1. The van der Waals surface area contributed by atoms with Crippen LogP contribution in [0.1, 0.15) is 20.3 Å². The smallest absolute Gasteiger partial charge is 0.241 e. The van der Waals surface area contributed by atoms with E-state index in [1.54, 1.807) is 52.7 Å². The molecule has 0 aliphatic carbocycles. The first kappa shape index (κ1) is 24.9. The molecule has 2 unspecified atom stereocenters. The van der Waals surface area contributed by atoms with Crippen molar-refractivity contribution in [1.29, 1.82) is 0 Å². The Morgan fingerprint density at radius 1 is 1.00 bits per heavy atom. The van der Waals surface area contributed by atoms with Gasteiger partial charge in [-0.15, -0.1) is 0 Å². The highest BCUT2D eigenvalue weighted by Gasteiger charge is 2.22. The highest BCUT2D eigenvalue weighted by molar-refractivity contribution is 5.97. The van der Waals surface area contributed by atoms with Crippen LogP contribution in [0.4, 0.5) is 5.69 Å². The van der Waals surface area contributed by atoms with Crippen LogP contribution < -0.4 is 30.0 Å². The molecule has 1 amide bonds. The number of amides is 1. The summed E-state index contributed by atoms with van der Waals surface area (Å²) in [6, 6.07) is 8.38. The van der Waals surface area contributed by atoms with E-state index in [1.165, 1.54) is 6.26 Å². The largest absolute Gasteiger partial charge is 0.495 e. The Morgan fingerprint density at radius 3 is 2.21 bits per heavy atom. The summed E-state index contributed by atoms with van der Waals surface area (Å²) in [6.45, 7) is 3.94. The number of nitrogens with one attached hydrogen (secondary N) is 1. The molecule has 1 heterocycles. The standard InChI is InChI=1S/C25H31N3O6/c1-7-14(2)22(26)25(29)27-18-10-15(8-9-19(18)30-3)17-13-34-28-23(17)16-11-20(31-4)24(33-6)21(12-16)32-5/h8-14,22H,7,26H2,1-6H3,(H,27,29). The molecule has 0 spiro atoms. The van der Waals surface area contributed by atoms with Crippen LogP contribution in [0.25, 0.3) is 22.4 Å². The zero-order valence-corrected chi connectivity index (χ0v) is 20.3. The molecule has 0 aliphatic rings. The lowest BCUT2D eigenvalue weighted by molar-refractivity contribution is -0.118. The Kier molecular flexibility index (Phi) is 8.01. The highest BCUT2D eigenvalue weighted by atomic mass is 16.5. The molecule has 0 aliphatic heterocycles. The number of carbonyl (C=O) groups is 1. The fourth-order valence-corrected chi connectivity index (χ4v) is 3.57. The zero-order valence-electron chi connectivity index (χ0n) is 20.3. The molecule has 0 saturated heterocycles. The lowest BCUT2D eigenvalue weighted by atomic mass is 9.98. The van der Waals surface area contributed by atoms with Crippen LogP contribution in [0.15, 0.2) is 41.1 Å². The second-order valence-corrected chi connectivity index (χ2v) is 7.81. The van der Waals surface area contributed by atoms with Gasteiger partial charge in [0.05, 0.1) is 40.2 Å². The molecule has 0 radical (unpaired) electrons. The van der Waals surface area contributed by atoms with Gasteiger partial charge < -0.3 is 34.5 Å². The van der Waals surface area contributed by atoms with Gasteiger partial charge in [-0.05, 0) is 35.7 Å². The number of methoxy groups -OCH3 is 4. The molecule has 3 rings (SSSR count). The number of hydrogen-bond donors (Lipinski definition) is 2. The molecule has 9 nitrogen and oxygen atoms in total. The molecule has 182 valence electrons. The molecule has 3 aromatic rings. The average molecular weight is 470 g/mol. The van der Waals surface area contributed by atoms with Crippen molar-refractivity contribution in [2.75, 3.05) is 33.8 Å². The van der Waals surface area contributed by atoms with Gasteiger partial charge in [0.2, 0.25) is 11.7 Å².